The van der Waals surface area contributed by atoms with Crippen molar-refractivity contribution in [1.82, 2.24) is 14.3 Å². The Morgan fingerprint density at radius 1 is 1.05 bits per heavy atom. The number of rotatable bonds is 9. The van der Waals surface area contributed by atoms with Crippen LogP contribution in [0.2, 0.25) is 5.15 Å². The summed E-state index contributed by atoms with van der Waals surface area (Å²) in [6, 6.07) is 16.1. The summed E-state index contributed by atoms with van der Waals surface area (Å²) in [5.74, 6) is -0.932. The average Bonchev–Trinajstić information content (AvgIpc) is 3.42. The number of nitrogens with two attached hydrogens (primary N) is 1. The predicted molar refractivity (Wildman–Crippen MR) is 158 cm³/mol. The van der Waals surface area contributed by atoms with Crippen molar-refractivity contribution >= 4 is 49.4 Å². The second-order valence-corrected chi connectivity index (χ2v) is 12.0. The molecule has 0 atom stereocenters. The largest absolute Gasteiger partial charge is 0.472 e. The van der Waals surface area contributed by atoms with Gasteiger partial charge in [0, 0.05) is 27.6 Å². The molecule has 5 rings (SSSR count). The van der Waals surface area contributed by atoms with Gasteiger partial charge in [-0.2, -0.15) is 0 Å². The normalized spacial score (nSPS) is 11.6. The topological polar surface area (TPSA) is 137 Å². The van der Waals surface area contributed by atoms with Crippen molar-refractivity contribution in [2.24, 2.45) is 5.73 Å². The molecule has 0 fully saturated rings. The first-order valence-electron chi connectivity index (χ1n) is 12.6. The number of nitrogens with one attached hydrogen (secondary N) is 1. The molecular weight excluding hydrogens is 632 g/mol. The van der Waals surface area contributed by atoms with Crippen LogP contribution in [0.25, 0.3) is 22.3 Å². The number of amides is 2. The highest BCUT2D eigenvalue weighted by atomic mass is 79.9. The number of benzene rings is 2. The first-order chi connectivity index (χ1) is 19.6. The summed E-state index contributed by atoms with van der Waals surface area (Å²) >= 11 is 10.0. The molecule has 0 bridgehead atoms. The van der Waals surface area contributed by atoms with Gasteiger partial charge in [-0.25, -0.2) is 18.1 Å². The van der Waals surface area contributed by atoms with Gasteiger partial charge in [0.1, 0.15) is 11.5 Å². The van der Waals surface area contributed by atoms with Crippen molar-refractivity contribution in [2.75, 3.05) is 0 Å². The number of carbonyl (C=O) groups is 2. The third-order valence-corrected chi connectivity index (χ3v) is 9.06. The molecule has 2 aliphatic rings. The highest BCUT2D eigenvalue weighted by molar-refractivity contribution is 9.10. The lowest BCUT2D eigenvalue weighted by molar-refractivity contribution is 0.0977. The van der Waals surface area contributed by atoms with Crippen LogP contribution in [0.1, 0.15) is 45.6 Å². The van der Waals surface area contributed by atoms with Gasteiger partial charge in [-0.1, -0.05) is 54.9 Å². The van der Waals surface area contributed by atoms with E-state index in [4.69, 9.17) is 21.8 Å². The van der Waals surface area contributed by atoms with Gasteiger partial charge in [0.2, 0.25) is 0 Å². The number of aromatic nitrogens is 2. The minimum atomic E-state index is -4.13. The Labute approximate surface area is 249 Å². The summed E-state index contributed by atoms with van der Waals surface area (Å²) < 4.78 is 35.9. The van der Waals surface area contributed by atoms with Gasteiger partial charge >= 0.3 is 0 Å². The highest BCUT2D eigenvalue weighted by Crippen LogP contribution is 2.47. The fourth-order valence-electron chi connectivity index (χ4n) is 4.83. The zero-order valence-electron chi connectivity index (χ0n) is 21.7. The van der Waals surface area contributed by atoms with E-state index in [-0.39, 0.29) is 27.9 Å². The lowest BCUT2D eigenvalue weighted by Crippen LogP contribution is -2.31. The zero-order valence-corrected chi connectivity index (χ0v) is 24.9. The summed E-state index contributed by atoms with van der Waals surface area (Å²) in [4.78, 5) is 30.3. The molecule has 1 aromatic heterocycles. The van der Waals surface area contributed by atoms with E-state index in [0.29, 0.717) is 33.4 Å². The van der Waals surface area contributed by atoms with Crippen molar-refractivity contribution in [3.63, 3.8) is 0 Å². The summed E-state index contributed by atoms with van der Waals surface area (Å²) in [6.45, 7) is 2.13. The van der Waals surface area contributed by atoms with Gasteiger partial charge in [-0.05, 0) is 63.3 Å². The van der Waals surface area contributed by atoms with E-state index >= 15 is 0 Å². The van der Waals surface area contributed by atoms with Crippen LogP contribution in [0.3, 0.4) is 0 Å². The Hall–Kier alpha value is -3.93. The predicted octanol–water partition coefficient (Wildman–Crippen LogP) is 5.88. The van der Waals surface area contributed by atoms with Crippen LogP contribution < -0.4 is 10.5 Å². The van der Waals surface area contributed by atoms with E-state index in [1.165, 1.54) is 18.4 Å². The zero-order chi connectivity index (χ0) is 29.3. The highest BCUT2D eigenvalue weighted by Gasteiger charge is 2.29. The van der Waals surface area contributed by atoms with E-state index in [1.807, 2.05) is 6.92 Å². The van der Waals surface area contributed by atoms with Crippen molar-refractivity contribution in [3.8, 4) is 22.3 Å². The third-order valence-electron chi connectivity index (χ3n) is 6.62. The summed E-state index contributed by atoms with van der Waals surface area (Å²) in [7, 11) is -4.13. The molecule has 3 aromatic rings. The van der Waals surface area contributed by atoms with Gasteiger partial charge in [0.15, 0.2) is 5.15 Å². The summed E-state index contributed by atoms with van der Waals surface area (Å²) in [6.07, 6.45) is 4.39. The maximum Gasteiger partial charge on any atom is 0.268 e. The summed E-state index contributed by atoms with van der Waals surface area (Å²) in [5, 5.41) is 0.0123. The molecule has 1 aliphatic carbocycles. The van der Waals surface area contributed by atoms with Crippen molar-refractivity contribution in [1.29, 1.82) is 0 Å². The van der Waals surface area contributed by atoms with Gasteiger partial charge < -0.3 is 14.7 Å². The van der Waals surface area contributed by atoms with Crippen LogP contribution in [-0.4, -0.2) is 29.8 Å². The molecule has 0 spiro atoms. The standard InChI is InChI=1S/C29H24BrClN4O5S/c1-2-8-23-33-27(31)26(28(32)36)35(23)15-21-18-13-14-40-16-22(18)25(30)24(21)19-11-6-7-12-20(19)29(37)34-41(38,39)17-9-4-3-5-10-17/h3-7,9-14,16H,2,8,15H2,1H3,(H2,32,36)(H,34,37). The molecule has 0 saturated carbocycles. The molecule has 3 N–H and O–H groups in total. The van der Waals surface area contributed by atoms with Gasteiger partial charge in [-0.3, -0.25) is 9.59 Å². The number of aryl methyl sites for hydroxylation is 1. The number of fused-ring (bicyclic) bond motifs is 1. The number of hydrogen-bond acceptors (Lipinski definition) is 6. The number of sulfonamides is 1. The maximum atomic E-state index is 13.5. The van der Waals surface area contributed by atoms with Crippen LogP contribution >= 0.6 is 27.5 Å². The molecular formula is C29H24BrClN4O5S. The number of primary amides is 1. The Bertz CT molecular complexity index is 1850. The van der Waals surface area contributed by atoms with Crippen LogP contribution in [0.4, 0.5) is 0 Å². The first-order valence-corrected chi connectivity index (χ1v) is 15.2. The van der Waals surface area contributed by atoms with Crippen LogP contribution in [-0.2, 0) is 23.0 Å². The second-order valence-electron chi connectivity index (χ2n) is 9.21. The number of nitrogens with zero attached hydrogens (tertiary/aromatic N) is 2. The number of imidazole rings is 1. The molecule has 41 heavy (non-hydrogen) atoms. The smallest absolute Gasteiger partial charge is 0.268 e. The molecule has 2 amide bonds. The van der Waals surface area contributed by atoms with E-state index in [2.05, 4.69) is 25.6 Å². The van der Waals surface area contributed by atoms with Crippen LogP contribution in [0.15, 0.2) is 87.0 Å². The molecule has 0 radical (unpaired) electrons. The van der Waals surface area contributed by atoms with Crippen LogP contribution in [0, 0.1) is 0 Å². The fourth-order valence-corrected chi connectivity index (χ4v) is 6.87. The lowest BCUT2D eigenvalue weighted by atomic mass is 9.97. The monoisotopic (exact) mass is 654 g/mol. The van der Waals surface area contributed by atoms with E-state index in [9.17, 15) is 18.0 Å². The number of halogens is 2. The van der Waals surface area contributed by atoms with E-state index in [0.717, 1.165) is 17.5 Å². The van der Waals surface area contributed by atoms with E-state index in [1.54, 1.807) is 59.4 Å². The Balaban J connectivity index is 1.68. The Morgan fingerprint density at radius 2 is 1.76 bits per heavy atom. The molecule has 12 heteroatoms. The SMILES string of the molecule is CCCc1nc(Cl)c(C(N)=O)n1Cc1c2ccocc-2c(Br)c1-c1ccccc1C(=O)NS(=O)(=O)c1ccccc1. The molecule has 0 saturated heterocycles. The van der Waals surface area contributed by atoms with Crippen molar-refractivity contribution in [3.05, 3.63) is 105 Å². The molecule has 0 unspecified atom stereocenters. The number of carbonyl (C=O) groups excluding carboxylic acids is 2. The van der Waals surface area contributed by atoms with Crippen LogP contribution in [0.5, 0.6) is 0 Å². The quantitative estimate of drug-likeness (QED) is 0.203. The fraction of sp³-hybridized carbons (Fsp3) is 0.138. The first kappa shape index (κ1) is 28.6. The number of hydrogen-bond donors (Lipinski definition) is 2. The lowest BCUT2D eigenvalue weighted by Gasteiger charge is -2.15. The maximum absolute atomic E-state index is 13.5. The van der Waals surface area contributed by atoms with E-state index < -0.39 is 21.8 Å². The molecule has 210 valence electrons. The van der Waals surface area contributed by atoms with Gasteiger partial charge in [-0.15, -0.1) is 0 Å². The summed E-state index contributed by atoms with van der Waals surface area (Å²) in [5.41, 5.74) is 9.22. The second kappa shape index (κ2) is 11.5. The van der Waals surface area contributed by atoms with Crippen molar-refractivity contribution < 1.29 is 22.4 Å². The minimum absolute atomic E-state index is 0.0123. The van der Waals surface area contributed by atoms with Gasteiger partial charge in [0.25, 0.3) is 21.8 Å². The molecule has 2 aromatic carbocycles. The Morgan fingerprint density at radius 3 is 2.46 bits per heavy atom. The minimum Gasteiger partial charge on any atom is -0.472 e. The Kier molecular flexibility index (Phi) is 8.03. The molecule has 2 heterocycles. The van der Waals surface area contributed by atoms with Crippen molar-refractivity contribution in [2.45, 2.75) is 31.2 Å². The molecule has 9 nitrogen and oxygen atoms in total. The van der Waals surface area contributed by atoms with Gasteiger partial charge in [0.05, 0.1) is 24.0 Å². The third kappa shape index (κ3) is 5.40. The molecule has 1 aliphatic heterocycles. The average molecular weight is 656 g/mol.